The zero-order chi connectivity index (χ0) is 25.9. The van der Waals surface area contributed by atoms with Crippen molar-refractivity contribution >= 4 is 41.2 Å². The lowest BCUT2D eigenvalue weighted by Gasteiger charge is -2.39. The summed E-state index contributed by atoms with van der Waals surface area (Å²) in [4.78, 5) is 43.1. The SMILES string of the molecule is CCC(CN(C=O)c1cccc(C#N)c1)C(=O)N1CC2(CCN(C(C)=O)CC2)c2cc(CCl)ccc21. The number of fused-ring (bicyclic) bond motifs is 2. The van der Waals surface area contributed by atoms with Gasteiger partial charge in [0.15, 0.2) is 0 Å². The molecule has 0 bridgehead atoms. The number of benzene rings is 2. The van der Waals surface area contributed by atoms with Crippen molar-refractivity contribution in [1.82, 2.24) is 4.90 Å². The van der Waals surface area contributed by atoms with Crippen LogP contribution in [0.5, 0.6) is 0 Å². The smallest absolute Gasteiger partial charge is 0.231 e. The predicted octanol–water partition coefficient (Wildman–Crippen LogP) is 4.21. The Bertz CT molecular complexity index is 1200. The first-order valence-corrected chi connectivity index (χ1v) is 12.9. The van der Waals surface area contributed by atoms with Crippen molar-refractivity contribution < 1.29 is 14.4 Å². The van der Waals surface area contributed by atoms with Crippen molar-refractivity contribution in [3.05, 3.63) is 59.2 Å². The normalized spacial score (nSPS) is 16.8. The standard InChI is InChI=1S/C28H31ClN4O3/c1-3-23(17-32(19-34)24-6-4-5-22(13-24)16-30)27(36)33-18-28(9-11-31(12-10-28)20(2)35)25-14-21(15-29)7-8-26(25)33/h4-8,13-14,19,23H,3,9-12,15,17-18H2,1-2H3. The van der Waals surface area contributed by atoms with E-state index in [0.29, 0.717) is 43.2 Å². The summed E-state index contributed by atoms with van der Waals surface area (Å²) in [5.74, 6) is 0.0382. The zero-order valence-electron chi connectivity index (χ0n) is 20.7. The minimum atomic E-state index is -0.408. The molecule has 1 spiro atoms. The molecule has 36 heavy (non-hydrogen) atoms. The molecule has 1 saturated heterocycles. The van der Waals surface area contributed by atoms with Crippen LogP contribution in [0.4, 0.5) is 11.4 Å². The van der Waals surface area contributed by atoms with Crippen LogP contribution in [-0.2, 0) is 25.7 Å². The van der Waals surface area contributed by atoms with E-state index in [1.165, 1.54) is 4.90 Å². The third-order valence-electron chi connectivity index (χ3n) is 7.66. The number of nitrogens with zero attached hydrogens (tertiary/aromatic N) is 4. The van der Waals surface area contributed by atoms with Gasteiger partial charge in [0.2, 0.25) is 18.2 Å². The molecule has 0 aliphatic carbocycles. The summed E-state index contributed by atoms with van der Waals surface area (Å²) in [6, 6.07) is 15.0. The van der Waals surface area contributed by atoms with E-state index in [0.717, 1.165) is 36.1 Å². The fourth-order valence-corrected chi connectivity index (χ4v) is 5.64. The number of hydrogen-bond acceptors (Lipinski definition) is 4. The van der Waals surface area contributed by atoms with Crippen molar-refractivity contribution in [2.45, 2.75) is 44.4 Å². The molecule has 1 fully saturated rings. The van der Waals surface area contributed by atoms with Gasteiger partial charge in [0, 0.05) is 55.8 Å². The first-order valence-electron chi connectivity index (χ1n) is 12.3. The molecule has 2 aromatic carbocycles. The lowest BCUT2D eigenvalue weighted by molar-refractivity contribution is -0.130. The van der Waals surface area contributed by atoms with Gasteiger partial charge in [0.05, 0.1) is 17.6 Å². The van der Waals surface area contributed by atoms with Crippen molar-refractivity contribution in [3.8, 4) is 6.07 Å². The minimum Gasteiger partial charge on any atom is -0.343 e. The third-order valence-corrected chi connectivity index (χ3v) is 7.97. The fourth-order valence-electron chi connectivity index (χ4n) is 5.48. The largest absolute Gasteiger partial charge is 0.343 e. The molecule has 188 valence electrons. The van der Waals surface area contributed by atoms with Gasteiger partial charge >= 0.3 is 0 Å². The number of piperidine rings is 1. The molecule has 8 heteroatoms. The Morgan fingerprint density at radius 2 is 1.97 bits per heavy atom. The van der Waals surface area contributed by atoms with Gasteiger partial charge in [0.25, 0.3) is 0 Å². The maximum atomic E-state index is 13.9. The van der Waals surface area contributed by atoms with Crippen molar-refractivity contribution in [1.29, 1.82) is 5.26 Å². The minimum absolute atomic E-state index is 0.0217. The highest BCUT2D eigenvalue weighted by atomic mass is 35.5. The average Bonchev–Trinajstić information content (AvgIpc) is 3.22. The summed E-state index contributed by atoms with van der Waals surface area (Å²) in [7, 11) is 0. The van der Waals surface area contributed by atoms with Crippen LogP contribution in [0.1, 0.15) is 49.8 Å². The highest BCUT2D eigenvalue weighted by Crippen LogP contribution is 2.48. The molecular weight excluding hydrogens is 476 g/mol. The Kier molecular flexibility index (Phi) is 7.65. The summed E-state index contributed by atoms with van der Waals surface area (Å²) in [6.45, 7) is 5.65. The van der Waals surface area contributed by atoms with E-state index < -0.39 is 5.92 Å². The number of amides is 3. The van der Waals surface area contributed by atoms with Crippen molar-refractivity contribution in [2.24, 2.45) is 5.92 Å². The van der Waals surface area contributed by atoms with E-state index in [9.17, 15) is 19.6 Å². The van der Waals surface area contributed by atoms with E-state index in [1.54, 1.807) is 31.2 Å². The lowest BCUT2D eigenvalue weighted by Crippen LogP contribution is -2.48. The van der Waals surface area contributed by atoms with Crippen LogP contribution in [-0.4, -0.2) is 49.3 Å². The Morgan fingerprint density at radius 3 is 2.58 bits per heavy atom. The molecule has 1 unspecified atom stereocenters. The molecule has 2 heterocycles. The van der Waals surface area contributed by atoms with Crippen molar-refractivity contribution in [2.75, 3.05) is 36.0 Å². The predicted molar refractivity (Wildman–Crippen MR) is 140 cm³/mol. The molecule has 1 atom stereocenters. The number of rotatable bonds is 7. The zero-order valence-corrected chi connectivity index (χ0v) is 21.5. The maximum absolute atomic E-state index is 13.9. The number of alkyl halides is 1. The Morgan fingerprint density at radius 1 is 1.22 bits per heavy atom. The molecule has 0 radical (unpaired) electrons. The highest BCUT2D eigenvalue weighted by Gasteiger charge is 2.47. The molecule has 7 nitrogen and oxygen atoms in total. The van der Waals surface area contributed by atoms with Crippen LogP contribution in [0.2, 0.25) is 0 Å². The second kappa shape index (κ2) is 10.7. The molecule has 0 aromatic heterocycles. The van der Waals surface area contributed by atoms with Gasteiger partial charge in [-0.05, 0) is 54.7 Å². The van der Waals surface area contributed by atoms with Crippen LogP contribution < -0.4 is 9.80 Å². The van der Waals surface area contributed by atoms with Crippen LogP contribution >= 0.6 is 11.6 Å². The topological polar surface area (TPSA) is 84.7 Å². The van der Waals surface area contributed by atoms with Crippen LogP contribution in [0.15, 0.2) is 42.5 Å². The van der Waals surface area contributed by atoms with Gasteiger partial charge in [-0.2, -0.15) is 5.26 Å². The maximum Gasteiger partial charge on any atom is 0.231 e. The quantitative estimate of drug-likeness (QED) is 0.416. The van der Waals surface area contributed by atoms with Crippen molar-refractivity contribution in [3.63, 3.8) is 0 Å². The first kappa shape index (κ1) is 25.7. The summed E-state index contributed by atoms with van der Waals surface area (Å²) < 4.78 is 0. The molecule has 4 rings (SSSR count). The Hall–Kier alpha value is -3.37. The summed E-state index contributed by atoms with van der Waals surface area (Å²) in [5, 5.41) is 9.23. The van der Waals surface area contributed by atoms with Crippen LogP contribution in [0, 0.1) is 17.2 Å². The number of likely N-dealkylation sites (tertiary alicyclic amines) is 1. The van der Waals surface area contributed by atoms with Gasteiger partial charge in [-0.25, -0.2) is 0 Å². The van der Waals surface area contributed by atoms with E-state index >= 15 is 0 Å². The second-order valence-corrected chi connectivity index (χ2v) is 9.99. The van der Waals surface area contributed by atoms with Gasteiger partial charge in [0.1, 0.15) is 0 Å². The first-order chi connectivity index (χ1) is 17.4. The molecule has 2 aromatic rings. The molecule has 2 aliphatic heterocycles. The molecular formula is C28H31ClN4O3. The van der Waals surface area contributed by atoms with E-state index in [4.69, 9.17) is 11.6 Å². The van der Waals surface area contributed by atoms with E-state index in [2.05, 4.69) is 12.1 Å². The fraction of sp³-hybridized carbons (Fsp3) is 0.429. The summed E-state index contributed by atoms with van der Waals surface area (Å²) in [6.07, 6.45) is 2.86. The number of halogens is 1. The van der Waals surface area contributed by atoms with Gasteiger partial charge in [-0.3, -0.25) is 14.4 Å². The molecule has 0 saturated carbocycles. The third kappa shape index (κ3) is 4.83. The number of carbonyl (C=O) groups is 3. The lowest BCUT2D eigenvalue weighted by atomic mass is 9.74. The number of anilines is 2. The monoisotopic (exact) mass is 506 g/mol. The average molecular weight is 507 g/mol. The van der Waals surface area contributed by atoms with Gasteiger partial charge < -0.3 is 14.7 Å². The Balaban J connectivity index is 1.61. The molecule has 2 aliphatic rings. The van der Waals surface area contributed by atoms with Gasteiger partial charge in [-0.15, -0.1) is 11.6 Å². The van der Waals surface area contributed by atoms with Gasteiger partial charge in [-0.1, -0.05) is 25.1 Å². The van der Waals surface area contributed by atoms with Crippen LogP contribution in [0.25, 0.3) is 0 Å². The van der Waals surface area contributed by atoms with Crippen LogP contribution in [0.3, 0.4) is 0 Å². The second-order valence-electron chi connectivity index (χ2n) is 9.72. The number of hydrogen-bond donors (Lipinski definition) is 0. The highest BCUT2D eigenvalue weighted by molar-refractivity contribution is 6.17. The number of carbonyl (C=O) groups excluding carboxylic acids is 3. The summed E-state index contributed by atoms with van der Waals surface area (Å²) >= 11 is 6.15. The van der Waals surface area contributed by atoms with E-state index in [1.807, 2.05) is 28.9 Å². The molecule has 0 N–H and O–H groups in total. The number of nitriles is 1. The Labute approximate surface area is 217 Å². The summed E-state index contributed by atoms with van der Waals surface area (Å²) in [5.41, 5.74) is 3.87. The molecule has 3 amide bonds. The van der Waals surface area contributed by atoms with E-state index in [-0.39, 0.29) is 23.8 Å².